The van der Waals surface area contributed by atoms with Crippen LogP contribution in [0.3, 0.4) is 0 Å². The maximum absolute atomic E-state index is 12.9. The van der Waals surface area contributed by atoms with Gasteiger partial charge < -0.3 is 16.0 Å². The van der Waals surface area contributed by atoms with Crippen molar-refractivity contribution < 1.29 is 9.59 Å². The third-order valence-corrected chi connectivity index (χ3v) is 6.13. The standard InChI is InChI=1S/C22H34N4O2/c1-17(21(23)18-8-4-2-5-9-18)22(28)26-14-12-25(13-15-26)16-20(27)24-19-10-6-3-7-11-19/h2,4-5,8-9,17,19,21H,3,6-7,10-16,23H2,1H3,(H,24,27). The molecule has 0 radical (unpaired) electrons. The number of nitrogens with one attached hydrogen (secondary N) is 1. The van der Waals surface area contributed by atoms with E-state index in [0.29, 0.717) is 25.7 Å². The van der Waals surface area contributed by atoms with Crippen LogP contribution in [0.2, 0.25) is 0 Å². The molecule has 0 bridgehead atoms. The van der Waals surface area contributed by atoms with Crippen molar-refractivity contribution in [2.75, 3.05) is 32.7 Å². The quantitative estimate of drug-likeness (QED) is 0.783. The van der Waals surface area contributed by atoms with Gasteiger partial charge in [-0.15, -0.1) is 0 Å². The lowest BCUT2D eigenvalue weighted by atomic mass is 9.94. The highest BCUT2D eigenvalue weighted by Gasteiger charge is 2.29. The molecule has 0 aromatic heterocycles. The van der Waals surface area contributed by atoms with Crippen LogP contribution in [0.4, 0.5) is 0 Å². The molecule has 28 heavy (non-hydrogen) atoms. The summed E-state index contributed by atoms with van der Waals surface area (Å²) in [5.41, 5.74) is 7.30. The second-order valence-corrected chi connectivity index (χ2v) is 8.23. The fraction of sp³-hybridized carbons (Fsp3) is 0.636. The Labute approximate surface area is 168 Å². The molecule has 2 amide bonds. The maximum atomic E-state index is 12.9. The molecule has 1 aromatic rings. The Morgan fingerprint density at radius 2 is 1.71 bits per heavy atom. The minimum atomic E-state index is -0.298. The van der Waals surface area contributed by atoms with E-state index >= 15 is 0 Å². The van der Waals surface area contributed by atoms with Crippen LogP contribution in [-0.2, 0) is 9.59 Å². The van der Waals surface area contributed by atoms with E-state index in [4.69, 9.17) is 5.73 Å². The fourth-order valence-electron chi connectivity index (χ4n) is 4.26. The van der Waals surface area contributed by atoms with Gasteiger partial charge in [0.25, 0.3) is 0 Å². The molecule has 1 saturated carbocycles. The van der Waals surface area contributed by atoms with Crippen molar-refractivity contribution in [1.82, 2.24) is 15.1 Å². The van der Waals surface area contributed by atoms with E-state index in [2.05, 4.69) is 10.2 Å². The summed E-state index contributed by atoms with van der Waals surface area (Å²) < 4.78 is 0. The van der Waals surface area contributed by atoms with Crippen LogP contribution < -0.4 is 11.1 Å². The zero-order chi connectivity index (χ0) is 19.9. The van der Waals surface area contributed by atoms with Crippen LogP contribution in [-0.4, -0.2) is 60.4 Å². The zero-order valence-corrected chi connectivity index (χ0v) is 17.0. The van der Waals surface area contributed by atoms with Crippen LogP contribution in [0.15, 0.2) is 30.3 Å². The predicted molar refractivity (Wildman–Crippen MR) is 111 cm³/mol. The lowest BCUT2D eigenvalue weighted by molar-refractivity contribution is -0.137. The van der Waals surface area contributed by atoms with Gasteiger partial charge in [0, 0.05) is 38.3 Å². The number of carbonyl (C=O) groups is 2. The second kappa shape index (κ2) is 10.0. The van der Waals surface area contributed by atoms with E-state index in [0.717, 1.165) is 31.5 Å². The van der Waals surface area contributed by atoms with Crippen LogP contribution in [0.5, 0.6) is 0 Å². The molecule has 6 heteroatoms. The summed E-state index contributed by atoms with van der Waals surface area (Å²) in [5.74, 6) is -0.0441. The van der Waals surface area contributed by atoms with Crippen molar-refractivity contribution in [1.29, 1.82) is 0 Å². The van der Waals surface area contributed by atoms with E-state index in [9.17, 15) is 9.59 Å². The Morgan fingerprint density at radius 1 is 1.07 bits per heavy atom. The van der Waals surface area contributed by atoms with Crippen LogP contribution in [0.1, 0.15) is 50.6 Å². The number of amides is 2. The molecule has 1 aliphatic carbocycles. The van der Waals surface area contributed by atoms with E-state index in [1.165, 1.54) is 19.3 Å². The monoisotopic (exact) mass is 386 g/mol. The van der Waals surface area contributed by atoms with Gasteiger partial charge >= 0.3 is 0 Å². The topological polar surface area (TPSA) is 78.7 Å². The largest absolute Gasteiger partial charge is 0.352 e. The molecule has 2 atom stereocenters. The Kier molecular flexibility index (Phi) is 7.45. The molecule has 0 spiro atoms. The highest BCUT2D eigenvalue weighted by molar-refractivity contribution is 5.80. The van der Waals surface area contributed by atoms with Gasteiger partial charge in [-0.2, -0.15) is 0 Å². The van der Waals surface area contributed by atoms with Crippen molar-refractivity contribution in [2.45, 2.75) is 51.1 Å². The number of rotatable bonds is 6. The number of carbonyl (C=O) groups excluding carboxylic acids is 2. The predicted octanol–water partition coefficient (Wildman–Crippen LogP) is 1.92. The molecule has 6 nitrogen and oxygen atoms in total. The number of nitrogens with two attached hydrogens (primary N) is 1. The normalized spacial score (nSPS) is 21.1. The summed E-state index contributed by atoms with van der Waals surface area (Å²) in [6.07, 6.45) is 5.93. The first kappa shape index (κ1) is 20.8. The van der Waals surface area contributed by atoms with Gasteiger partial charge in [0.15, 0.2) is 0 Å². The summed E-state index contributed by atoms with van der Waals surface area (Å²) in [6, 6.07) is 9.84. The molecule has 154 valence electrons. The van der Waals surface area contributed by atoms with Gasteiger partial charge in [-0.05, 0) is 18.4 Å². The summed E-state index contributed by atoms with van der Waals surface area (Å²) >= 11 is 0. The van der Waals surface area contributed by atoms with E-state index in [1.807, 2.05) is 42.2 Å². The Bertz CT molecular complexity index is 637. The van der Waals surface area contributed by atoms with E-state index in [-0.39, 0.29) is 23.8 Å². The summed E-state index contributed by atoms with van der Waals surface area (Å²) in [4.78, 5) is 29.2. The molecule has 2 fully saturated rings. The third kappa shape index (κ3) is 5.55. The number of nitrogens with zero attached hydrogens (tertiary/aromatic N) is 2. The van der Waals surface area contributed by atoms with Gasteiger partial charge in [-0.25, -0.2) is 0 Å². The minimum absolute atomic E-state index is 0.0997. The molecule has 1 aromatic carbocycles. The second-order valence-electron chi connectivity index (χ2n) is 8.23. The van der Waals surface area contributed by atoms with Crippen molar-refractivity contribution in [3.63, 3.8) is 0 Å². The molecule has 3 rings (SSSR count). The van der Waals surface area contributed by atoms with Gasteiger partial charge in [0.05, 0.1) is 12.5 Å². The molecular weight excluding hydrogens is 352 g/mol. The molecular formula is C22H34N4O2. The zero-order valence-electron chi connectivity index (χ0n) is 17.0. The molecule has 3 N–H and O–H groups in total. The average molecular weight is 387 g/mol. The van der Waals surface area contributed by atoms with Gasteiger partial charge in [0.2, 0.25) is 11.8 Å². The van der Waals surface area contributed by atoms with Crippen molar-refractivity contribution in [2.24, 2.45) is 11.7 Å². The van der Waals surface area contributed by atoms with Crippen molar-refractivity contribution >= 4 is 11.8 Å². The first-order valence-electron chi connectivity index (χ1n) is 10.7. The number of piperazine rings is 1. The lowest BCUT2D eigenvalue weighted by Crippen LogP contribution is -2.53. The fourth-order valence-corrected chi connectivity index (χ4v) is 4.26. The SMILES string of the molecule is CC(C(=O)N1CCN(CC(=O)NC2CCCCC2)CC1)C(N)c1ccccc1. The van der Waals surface area contributed by atoms with Crippen LogP contribution in [0.25, 0.3) is 0 Å². The van der Waals surface area contributed by atoms with Gasteiger partial charge in [0.1, 0.15) is 0 Å². The van der Waals surface area contributed by atoms with Gasteiger partial charge in [-0.3, -0.25) is 14.5 Å². The first-order valence-corrected chi connectivity index (χ1v) is 10.7. The highest BCUT2D eigenvalue weighted by Crippen LogP contribution is 2.22. The number of hydrogen-bond acceptors (Lipinski definition) is 4. The molecule has 2 aliphatic rings. The Morgan fingerprint density at radius 3 is 2.36 bits per heavy atom. The van der Waals surface area contributed by atoms with E-state index < -0.39 is 0 Å². The van der Waals surface area contributed by atoms with Crippen LogP contribution in [0, 0.1) is 5.92 Å². The smallest absolute Gasteiger partial charge is 0.234 e. The Hall–Kier alpha value is -1.92. The summed E-state index contributed by atoms with van der Waals surface area (Å²) in [6.45, 7) is 5.11. The first-order chi connectivity index (χ1) is 13.5. The number of benzene rings is 1. The Balaban J connectivity index is 1.42. The lowest BCUT2D eigenvalue weighted by Gasteiger charge is -2.36. The average Bonchev–Trinajstić information content (AvgIpc) is 2.74. The summed E-state index contributed by atoms with van der Waals surface area (Å²) in [7, 11) is 0. The molecule has 1 saturated heterocycles. The highest BCUT2D eigenvalue weighted by atomic mass is 16.2. The number of hydrogen-bond donors (Lipinski definition) is 2. The maximum Gasteiger partial charge on any atom is 0.234 e. The van der Waals surface area contributed by atoms with Crippen molar-refractivity contribution in [3.8, 4) is 0 Å². The molecule has 2 unspecified atom stereocenters. The van der Waals surface area contributed by atoms with Gasteiger partial charge in [-0.1, -0.05) is 56.5 Å². The molecule has 1 aliphatic heterocycles. The minimum Gasteiger partial charge on any atom is -0.352 e. The third-order valence-electron chi connectivity index (χ3n) is 6.13. The molecule has 1 heterocycles. The van der Waals surface area contributed by atoms with Crippen LogP contribution >= 0.6 is 0 Å². The summed E-state index contributed by atoms with van der Waals surface area (Å²) in [5, 5.41) is 3.17. The van der Waals surface area contributed by atoms with Crippen molar-refractivity contribution in [3.05, 3.63) is 35.9 Å². The van der Waals surface area contributed by atoms with E-state index in [1.54, 1.807) is 0 Å².